The fourth-order valence-electron chi connectivity index (χ4n) is 1.79. The van der Waals surface area contributed by atoms with Crippen LogP contribution < -0.4 is 5.32 Å². The number of carboxylic acid groups (broad SMARTS) is 1. The van der Waals surface area contributed by atoms with Gasteiger partial charge in [0.1, 0.15) is 5.82 Å². The quantitative estimate of drug-likeness (QED) is 0.832. The monoisotopic (exact) mass is 267 g/mol. The second kappa shape index (κ2) is 6.87. The number of benzene rings is 1. The Morgan fingerprint density at radius 2 is 2.11 bits per heavy atom. The number of aliphatic carboxylic acids is 1. The Hall–Kier alpha value is -1.91. The molecule has 0 aromatic heterocycles. The van der Waals surface area contributed by atoms with E-state index in [0.717, 1.165) is 12.5 Å². The maximum Gasteiger partial charge on any atom is 0.305 e. The molecule has 0 aliphatic carbocycles. The van der Waals surface area contributed by atoms with E-state index in [2.05, 4.69) is 5.32 Å². The first-order valence-electron chi connectivity index (χ1n) is 6.22. The highest BCUT2D eigenvalue weighted by Gasteiger charge is 2.16. The molecule has 1 unspecified atom stereocenters. The molecule has 1 aromatic carbocycles. The first-order valence-corrected chi connectivity index (χ1v) is 6.22. The van der Waals surface area contributed by atoms with Gasteiger partial charge < -0.3 is 10.4 Å². The van der Waals surface area contributed by atoms with E-state index in [1.165, 1.54) is 12.1 Å². The van der Waals surface area contributed by atoms with E-state index in [1.54, 1.807) is 6.92 Å². The molecule has 19 heavy (non-hydrogen) atoms. The summed E-state index contributed by atoms with van der Waals surface area (Å²) in [6.07, 6.45) is 1.21. The number of amides is 1. The number of nitrogens with one attached hydrogen (secondary N) is 1. The van der Waals surface area contributed by atoms with Crippen LogP contribution in [0.4, 0.5) is 4.39 Å². The van der Waals surface area contributed by atoms with Gasteiger partial charge in [0.2, 0.25) is 0 Å². The molecule has 1 amide bonds. The number of rotatable bonds is 6. The second-order valence-corrected chi connectivity index (χ2v) is 4.52. The predicted octanol–water partition coefficient (Wildman–Crippen LogP) is 2.51. The van der Waals surface area contributed by atoms with Gasteiger partial charge >= 0.3 is 5.97 Å². The molecule has 0 aliphatic rings. The summed E-state index contributed by atoms with van der Waals surface area (Å²) in [6, 6.07) is 3.78. The Balaban J connectivity index is 2.75. The first-order chi connectivity index (χ1) is 8.93. The SMILES string of the molecule is CCCC(CC(=O)O)NC(=O)c1ccc(C)c(F)c1. The molecular weight excluding hydrogens is 249 g/mol. The summed E-state index contributed by atoms with van der Waals surface area (Å²) in [6.45, 7) is 3.52. The lowest BCUT2D eigenvalue weighted by atomic mass is 10.1. The number of carbonyl (C=O) groups excluding carboxylic acids is 1. The zero-order chi connectivity index (χ0) is 14.4. The fourth-order valence-corrected chi connectivity index (χ4v) is 1.79. The normalized spacial score (nSPS) is 11.9. The first kappa shape index (κ1) is 15.1. The van der Waals surface area contributed by atoms with E-state index in [1.807, 2.05) is 6.92 Å². The number of carboxylic acids is 1. The van der Waals surface area contributed by atoms with Crippen LogP contribution in [0.1, 0.15) is 42.1 Å². The van der Waals surface area contributed by atoms with Crippen LogP contribution in [0.3, 0.4) is 0 Å². The molecule has 0 saturated heterocycles. The third kappa shape index (κ3) is 4.69. The van der Waals surface area contributed by atoms with Gasteiger partial charge in [0.05, 0.1) is 6.42 Å². The fraction of sp³-hybridized carbons (Fsp3) is 0.429. The molecule has 4 nitrogen and oxygen atoms in total. The van der Waals surface area contributed by atoms with E-state index in [-0.39, 0.29) is 12.0 Å². The van der Waals surface area contributed by atoms with Gasteiger partial charge in [0.15, 0.2) is 0 Å². The van der Waals surface area contributed by atoms with Crippen LogP contribution in [0.5, 0.6) is 0 Å². The van der Waals surface area contributed by atoms with Crippen molar-refractivity contribution >= 4 is 11.9 Å². The van der Waals surface area contributed by atoms with Crippen molar-refractivity contribution in [3.63, 3.8) is 0 Å². The highest BCUT2D eigenvalue weighted by Crippen LogP contribution is 2.10. The smallest absolute Gasteiger partial charge is 0.305 e. The lowest BCUT2D eigenvalue weighted by Crippen LogP contribution is -2.36. The minimum absolute atomic E-state index is 0.131. The highest BCUT2D eigenvalue weighted by molar-refractivity contribution is 5.94. The van der Waals surface area contributed by atoms with Crippen molar-refractivity contribution in [3.05, 3.63) is 35.1 Å². The highest BCUT2D eigenvalue weighted by atomic mass is 19.1. The molecule has 1 rings (SSSR count). The Morgan fingerprint density at radius 3 is 2.63 bits per heavy atom. The maximum absolute atomic E-state index is 13.4. The Morgan fingerprint density at radius 1 is 1.42 bits per heavy atom. The summed E-state index contributed by atoms with van der Waals surface area (Å²) in [7, 11) is 0. The zero-order valence-corrected chi connectivity index (χ0v) is 11.1. The molecule has 0 aliphatic heterocycles. The minimum Gasteiger partial charge on any atom is -0.481 e. The number of hydrogen-bond acceptors (Lipinski definition) is 2. The Kier molecular flexibility index (Phi) is 5.48. The molecule has 0 bridgehead atoms. The van der Waals surface area contributed by atoms with Gasteiger partial charge in [0.25, 0.3) is 5.91 Å². The standard InChI is InChI=1S/C14H18FNO3/c1-3-4-11(8-13(17)18)16-14(19)10-6-5-9(2)12(15)7-10/h5-7,11H,3-4,8H2,1-2H3,(H,16,19)(H,17,18). The number of carbonyl (C=O) groups is 2. The van der Waals surface area contributed by atoms with E-state index in [9.17, 15) is 14.0 Å². The molecular formula is C14H18FNO3. The zero-order valence-electron chi connectivity index (χ0n) is 11.1. The lowest BCUT2D eigenvalue weighted by Gasteiger charge is -2.16. The summed E-state index contributed by atoms with van der Waals surface area (Å²) >= 11 is 0. The van der Waals surface area contributed by atoms with Crippen molar-refractivity contribution < 1.29 is 19.1 Å². The van der Waals surface area contributed by atoms with Gasteiger partial charge in [-0.1, -0.05) is 19.4 Å². The van der Waals surface area contributed by atoms with Gasteiger partial charge in [-0.2, -0.15) is 0 Å². The van der Waals surface area contributed by atoms with Crippen LogP contribution in [0.2, 0.25) is 0 Å². The third-order valence-electron chi connectivity index (χ3n) is 2.83. The minimum atomic E-state index is -0.964. The summed E-state index contributed by atoms with van der Waals surface area (Å²) in [5, 5.41) is 11.4. The molecule has 5 heteroatoms. The lowest BCUT2D eigenvalue weighted by molar-refractivity contribution is -0.137. The molecule has 1 aromatic rings. The van der Waals surface area contributed by atoms with Gasteiger partial charge in [-0.15, -0.1) is 0 Å². The maximum atomic E-state index is 13.4. The average Bonchev–Trinajstić information content (AvgIpc) is 2.32. The van der Waals surface area contributed by atoms with E-state index < -0.39 is 23.7 Å². The molecule has 0 saturated carbocycles. The van der Waals surface area contributed by atoms with Gasteiger partial charge in [-0.05, 0) is 31.0 Å². The average molecular weight is 267 g/mol. The van der Waals surface area contributed by atoms with E-state index >= 15 is 0 Å². The topological polar surface area (TPSA) is 66.4 Å². The van der Waals surface area contributed by atoms with Crippen molar-refractivity contribution in [1.29, 1.82) is 0 Å². The summed E-state index contributed by atoms with van der Waals surface area (Å²) in [5.41, 5.74) is 0.668. The van der Waals surface area contributed by atoms with E-state index in [4.69, 9.17) is 5.11 Å². The molecule has 0 radical (unpaired) electrons. The van der Waals surface area contributed by atoms with Crippen LogP contribution in [-0.4, -0.2) is 23.0 Å². The number of hydrogen-bond donors (Lipinski definition) is 2. The van der Waals surface area contributed by atoms with E-state index in [0.29, 0.717) is 12.0 Å². The number of halogens is 1. The Labute approximate surface area is 111 Å². The van der Waals surface area contributed by atoms with Gasteiger partial charge in [-0.25, -0.2) is 4.39 Å². The van der Waals surface area contributed by atoms with Crippen LogP contribution in [-0.2, 0) is 4.79 Å². The molecule has 0 fully saturated rings. The van der Waals surface area contributed by atoms with Crippen molar-refractivity contribution in [2.45, 2.75) is 39.2 Å². The molecule has 0 spiro atoms. The van der Waals surface area contributed by atoms with Crippen molar-refractivity contribution in [2.24, 2.45) is 0 Å². The summed E-state index contributed by atoms with van der Waals surface area (Å²) in [5.74, 6) is -1.86. The summed E-state index contributed by atoms with van der Waals surface area (Å²) in [4.78, 5) is 22.6. The van der Waals surface area contributed by atoms with Crippen LogP contribution in [0, 0.1) is 12.7 Å². The summed E-state index contributed by atoms with van der Waals surface area (Å²) < 4.78 is 13.4. The van der Waals surface area contributed by atoms with Crippen LogP contribution in [0.15, 0.2) is 18.2 Å². The van der Waals surface area contributed by atoms with Crippen molar-refractivity contribution in [2.75, 3.05) is 0 Å². The Bertz CT molecular complexity index is 474. The van der Waals surface area contributed by atoms with Gasteiger partial charge in [-0.3, -0.25) is 9.59 Å². The molecule has 2 N–H and O–H groups in total. The molecule has 0 heterocycles. The van der Waals surface area contributed by atoms with Crippen LogP contribution >= 0.6 is 0 Å². The van der Waals surface area contributed by atoms with Crippen molar-refractivity contribution in [3.8, 4) is 0 Å². The number of aryl methyl sites for hydroxylation is 1. The second-order valence-electron chi connectivity index (χ2n) is 4.52. The molecule has 1 atom stereocenters. The van der Waals surface area contributed by atoms with Gasteiger partial charge in [0, 0.05) is 11.6 Å². The third-order valence-corrected chi connectivity index (χ3v) is 2.83. The predicted molar refractivity (Wildman–Crippen MR) is 69.6 cm³/mol. The molecule has 104 valence electrons. The van der Waals surface area contributed by atoms with Crippen molar-refractivity contribution in [1.82, 2.24) is 5.32 Å². The largest absolute Gasteiger partial charge is 0.481 e. The van der Waals surface area contributed by atoms with Crippen LogP contribution in [0.25, 0.3) is 0 Å².